The minimum Gasteiger partial charge on any atom is -0.508 e. The number of hydrogen-bond acceptors (Lipinski definition) is 4. The Morgan fingerprint density at radius 3 is 2.68 bits per heavy atom. The molecule has 0 bridgehead atoms. The first kappa shape index (κ1) is 19.3. The van der Waals surface area contributed by atoms with Gasteiger partial charge in [0.25, 0.3) is 0 Å². The lowest BCUT2D eigenvalue weighted by atomic mass is 9.51. The molecule has 4 aliphatic rings. The summed E-state index contributed by atoms with van der Waals surface area (Å²) in [6, 6.07) is 12.5. The zero-order valence-corrected chi connectivity index (χ0v) is 17.8. The van der Waals surface area contributed by atoms with E-state index in [1.165, 1.54) is 23.3 Å². The van der Waals surface area contributed by atoms with Gasteiger partial charge in [-0.15, -0.1) is 0 Å². The molecule has 1 aliphatic heterocycles. The molecule has 1 spiro atoms. The van der Waals surface area contributed by atoms with Gasteiger partial charge in [0, 0.05) is 30.0 Å². The molecule has 5 nitrogen and oxygen atoms in total. The number of piperidine rings is 1. The molecular weight excluding hydrogens is 395 g/mol. The van der Waals surface area contributed by atoms with Crippen LogP contribution < -0.4 is 0 Å². The largest absolute Gasteiger partial charge is 0.508 e. The third kappa shape index (κ3) is 2.10. The highest BCUT2D eigenvalue weighted by atomic mass is 19.1. The van der Waals surface area contributed by atoms with Crippen LogP contribution in [0.1, 0.15) is 23.6 Å². The van der Waals surface area contributed by atoms with Gasteiger partial charge >= 0.3 is 5.97 Å². The fraction of sp³-hybridized carbons (Fsp3) is 0.480. The lowest BCUT2D eigenvalue weighted by molar-refractivity contribution is -0.199. The average Bonchev–Trinajstić information content (AvgIpc) is 3.24. The van der Waals surface area contributed by atoms with Crippen molar-refractivity contribution in [3.8, 4) is 5.75 Å². The molecule has 3 aliphatic carbocycles. The second-order valence-electron chi connectivity index (χ2n) is 10.2. The summed E-state index contributed by atoms with van der Waals surface area (Å²) >= 11 is 0. The quantitative estimate of drug-likeness (QED) is 0.750. The molecular formula is C25H27FN2O3. The molecule has 6 rings (SSSR count). The molecule has 1 unspecified atom stereocenters. The molecule has 2 N–H and O–H groups in total. The van der Waals surface area contributed by atoms with Crippen LogP contribution in [0.5, 0.6) is 5.75 Å². The van der Waals surface area contributed by atoms with Crippen molar-refractivity contribution in [3.05, 3.63) is 65.0 Å². The van der Waals surface area contributed by atoms with E-state index in [1.807, 2.05) is 6.07 Å². The van der Waals surface area contributed by atoms with E-state index in [1.54, 1.807) is 18.2 Å². The predicted molar refractivity (Wildman–Crippen MR) is 114 cm³/mol. The molecule has 5 atom stereocenters. The number of aliphatic carboxylic acids is 1. The summed E-state index contributed by atoms with van der Waals surface area (Å²) in [5.41, 5.74) is 3.28. The van der Waals surface area contributed by atoms with Crippen LogP contribution in [0.15, 0.2) is 42.5 Å². The summed E-state index contributed by atoms with van der Waals surface area (Å²) in [5, 5.41) is 20.0. The van der Waals surface area contributed by atoms with Gasteiger partial charge in [0.2, 0.25) is 0 Å². The second kappa shape index (κ2) is 5.87. The topological polar surface area (TPSA) is 64.0 Å². The Balaban J connectivity index is 1.40. The Kier molecular flexibility index (Phi) is 3.65. The first-order valence-electron chi connectivity index (χ1n) is 11.0. The zero-order chi connectivity index (χ0) is 21.8. The number of halogens is 1. The highest BCUT2D eigenvalue weighted by Crippen LogP contribution is 2.89. The minimum atomic E-state index is -0.823. The van der Waals surface area contributed by atoms with E-state index in [2.05, 4.69) is 29.8 Å². The van der Waals surface area contributed by atoms with Crippen LogP contribution in [0.4, 0.5) is 4.39 Å². The molecule has 0 amide bonds. The number of carboxylic acids is 1. The first-order chi connectivity index (χ1) is 14.7. The Morgan fingerprint density at radius 2 is 2.00 bits per heavy atom. The van der Waals surface area contributed by atoms with Crippen LogP contribution in [0.3, 0.4) is 0 Å². The maximum absolute atomic E-state index is 13.3. The van der Waals surface area contributed by atoms with Crippen molar-refractivity contribution in [1.82, 2.24) is 9.80 Å². The molecule has 2 saturated carbocycles. The van der Waals surface area contributed by atoms with E-state index in [9.17, 15) is 19.4 Å². The number of phenols is 1. The smallest absolute Gasteiger partial charge is 0.317 e. The van der Waals surface area contributed by atoms with Gasteiger partial charge in [0.15, 0.2) is 0 Å². The summed E-state index contributed by atoms with van der Waals surface area (Å²) in [5.74, 6) is -0.414. The van der Waals surface area contributed by atoms with E-state index in [0.717, 1.165) is 18.5 Å². The lowest BCUT2D eigenvalue weighted by Gasteiger charge is -2.69. The van der Waals surface area contributed by atoms with Crippen molar-refractivity contribution in [2.45, 2.75) is 36.8 Å². The summed E-state index contributed by atoms with van der Waals surface area (Å²) in [6.45, 7) is 3.91. The molecule has 1 heterocycles. The Hall–Kier alpha value is -2.44. The number of likely N-dealkylation sites (N-methyl/N-ethyl adjacent to an activating group) is 1. The molecule has 3 fully saturated rings. The van der Waals surface area contributed by atoms with E-state index < -0.39 is 5.97 Å². The number of phenolic OH excluding ortho intramolecular Hbond substituents is 1. The number of likely N-dealkylation sites (tertiary alicyclic amines) is 1. The number of rotatable bonds is 6. The fourth-order valence-electron chi connectivity index (χ4n) is 8.32. The van der Waals surface area contributed by atoms with Crippen molar-refractivity contribution in [2.24, 2.45) is 11.3 Å². The van der Waals surface area contributed by atoms with Crippen LogP contribution in [-0.4, -0.2) is 64.2 Å². The molecule has 6 heteroatoms. The SMILES string of the molecule is CN1C[C@]23Cc4ccc(O)cc4[C@]4(C)C2[C@@]4(N(CCc2ccc(F)cc2)CC(=O)O)[C@H]13. The third-order valence-corrected chi connectivity index (χ3v) is 8.89. The number of benzene rings is 2. The molecule has 31 heavy (non-hydrogen) atoms. The van der Waals surface area contributed by atoms with Crippen LogP contribution in [0.2, 0.25) is 0 Å². The predicted octanol–water partition coefficient (Wildman–Crippen LogP) is 2.66. The standard InChI is InChI=1S/C25H27FN2O3/c1-23-19-11-18(29)8-5-16(19)12-24-14-27(2)22(24)25(23,21(23)24)28(13-20(30)31)10-9-15-3-6-17(26)7-4-15/h3-8,11,21-22,29H,9-10,12-14H2,1-2H3,(H,30,31)/t21?,22-,23-,24-,25-/m1/s1. The number of aromatic hydroxyl groups is 1. The normalized spacial score (nSPS) is 36.6. The van der Waals surface area contributed by atoms with E-state index in [-0.39, 0.29) is 34.5 Å². The number of carboxylic acid groups (broad SMARTS) is 1. The van der Waals surface area contributed by atoms with E-state index in [0.29, 0.717) is 24.9 Å². The van der Waals surface area contributed by atoms with E-state index >= 15 is 0 Å². The zero-order valence-electron chi connectivity index (χ0n) is 17.8. The third-order valence-electron chi connectivity index (χ3n) is 8.89. The summed E-state index contributed by atoms with van der Waals surface area (Å²) in [6.07, 6.45) is 1.67. The molecule has 2 aromatic carbocycles. The molecule has 0 radical (unpaired) electrons. The van der Waals surface area contributed by atoms with Gasteiger partial charge in [-0.3, -0.25) is 9.69 Å². The summed E-state index contributed by atoms with van der Waals surface area (Å²) < 4.78 is 13.3. The molecule has 1 saturated heterocycles. The van der Waals surface area contributed by atoms with Crippen LogP contribution in [-0.2, 0) is 23.1 Å². The van der Waals surface area contributed by atoms with Gasteiger partial charge in [-0.05, 0) is 66.8 Å². The van der Waals surface area contributed by atoms with Gasteiger partial charge in [-0.1, -0.05) is 25.1 Å². The minimum absolute atomic E-state index is 0.0120. The summed E-state index contributed by atoms with van der Waals surface area (Å²) in [7, 11) is 2.14. The van der Waals surface area contributed by atoms with Gasteiger partial charge in [0.05, 0.1) is 12.1 Å². The Bertz CT molecular complexity index is 1100. The van der Waals surface area contributed by atoms with Crippen molar-refractivity contribution in [1.29, 1.82) is 0 Å². The van der Waals surface area contributed by atoms with Gasteiger partial charge in [0.1, 0.15) is 11.6 Å². The van der Waals surface area contributed by atoms with Gasteiger partial charge < -0.3 is 15.1 Å². The highest BCUT2D eigenvalue weighted by Gasteiger charge is 2.99. The Labute approximate surface area is 181 Å². The van der Waals surface area contributed by atoms with Gasteiger partial charge in [-0.2, -0.15) is 0 Å². The number of carbonyl (C=O) groups is 1. The second-order valence-corrected chi connectivity index (χ2v) is 10.2. The van der Waals surface area contributed by atoms with Crippen LogP contribution >= 0.6 is 0 Å². The van der Waals surface area contributed by atoms with Crippen LogP contribution in [0, 0.1) is 17.2 Å². The maximum atomic E-state index is 13.3. The number of nitrogens with zero attached hydrogens (tertiary/aromatic N) is 2. The van der Waals surface area contributed by atoms with Crippen molar-refractivity contribution < 1.29 is 19.4 Å². The van der Waals surface area contributed by atoms with Gasteiger partial charge in [-0.25, -0.2) is 4.39 Å². The van der Waals surface area contributed by atoms with Crippen molar-refractivity contribution >= 4 is 5.97 Å². The molecule has 162 valence electrons. The Morgan fingerprint density at radius 1 is 1.26 bits per heavy atom. The maximum Gasteiger partial charge on any atom is 0.317 e. The summed E-state index contributed by atoms with van der Waals surface area (Å²) in [4.78, 5) is 16.5. The fourth-order valence-corrected chi connectivity index (χ4v) is 8.32. The van der Waals surface area contributed by atoms with Crippen LogP contribution in [0.25, 0.3) is 0 Å². The lowest BCUT2D eigenvalue weighted by Crippen LogP contribution is -2.81. The number of fused-ring (bicyclic) bond motifs is 4. The average molecular weight is 423 g/mol. The highest BCUT2D eigenvalue weighted by molar-refractivity contribution is 5.72. The van der Waals surface area contributed by atoms with E-state index in [4.69, 9.17) is 0 Å². The monoisotopic (exact) mass is 422 g/mol. The molecule has 0 aromatic heterocycles. The van der Waals surface area contributed by atoms with Crippen molar-refractivity contribution in [3.63, 3.8) is 0 Å². The first-order valence-corrected chi connectivity index (χ1v) is 11.0. The van der Waals surface area contributed by atoms with Crippen molar-refractivity contribution in [2.75, 3.05) is 26.7 Å². The molecule has 2 aromatic rings. The number of hydrogen-bond donors (Lipinski definition) is 2.